The Kier molecular flexibility index (Phi) is 5.27. The molecule has 98 valence electrons. The Morgan fingerprint density at radius 2 is 2.17 bits per heavy atom. The molecular formula is C11H12Cl2N2O2S. The maximum atomic E-state index is 11.8. The van der Waals surface area contributed by atoms with E-state index in [0.29, 0.717) is 5.02 Å². The first-order valence-electron chi connectivity index (χ1n) is 5.14. The fraction of sp³-hybridized carbons (Fsp3) is 0.364. The van der Waals surface area contributed by atoms with Gasteiger partial charge in [-0.15, -0.1) is 11.6 Å². The van der Waals surface area contributed by atoms with Gasteiger partial charge in [0.05, 0.1) is 17.0 Å². The van der Waals surface area contributed by atoms with E-state index in [1.54, 1.807) is 6.92 Å². The van der Waals surface area contributed by atoms with Crippen LogP contribution in [0.25, 0.3) is 0 Å². The van der Waals surface area contributed by atoms with Crippen LogP contribution in [0, 0.1) is 17.2 Å². The molecule has 0 spiro atoms. The largest absolute Gasteiger partial charge is 0.282 e. The molecule has 4 nitrogen and oxygen atoms in total. The second kappa shape index (κ2) is 6.28. The van der Waals surface area contributed by atoms with Crippen molar-refractivity contribution in [3.63, 3.8) is 0 Å². The summed E-state index contributed by atoms with van der Waals surface area (Å²) in [7, 11) is -3.54. The van der Waals surface area contributed by atoms with Gasteiger partial charge in [0.1, 0.15) is 6.07 Å². The molecule has 1 aromatic carbocycles. The molecule has 1 unspecified atom stereocenters. The predicted molar refractivity (Wildman–Crippen MR) is 73.5 cm³/mol. The van der Waals surface area contributed by atoms with Crippen LogP contribution in [-0.2, 0) is 10.0 Å². The van der Waals surface area contributed by atoms with Gasteiger partial charge >= 0.3 is 0 Å². The molecule has 0 radical (unpaired) electrons. The summed E-state index contributed by atoms with van der Waals surface area (Å²) in [5.41, 5.74) is 0.410. The minimum absolute atomic E-state index is 0.103. The summed E-state index contributed by atoms with van der Waals surface area (Å²) in [5, 5.41) is 9.24. The van der Waals surface area contributed by atoms with Crippen molar-refractivity contribution in [3.05, 3.63) is 28.8 Å². The van der Waals surface area contributed by atoms with E-state index in [-0.39, 0.29) is 28.8 Å². The zero-order valence-electron chi connectivity index (χ0n) is 9.65. The number of nitrogens with one attached hydrogen (secondary N) is 1. The van der Waals surface area contributed by atoms with Crippen molar-refractivity contribution in [3.8, 4) is 6.07 Å². The number of nitriles is 1. The molecular weight excluding hydrogens is 295 g/mol. The van der Waals surface area contributed by atoms with Crippen molar-refractivity contribution in [2.24, 2.45) is 5.92 Å². The third kappa shape index (κ3) is 4.37. The van der Waals surface area contributed by atoms with E-state index in [4.69, 9.17) is 28.5 Å². The van der Waals surface area contributed by atoms with Gasteiger partial charge in [-0.3, -0.25) is 4.72 Å². The molecule has 0 aliphatic rings. The van der Waals surface area contributed by atoms with Gasteiger partial charge < -0.3 is 0 Å². The highest BCUT2D eigenvalue weighted by atomic mass is 35.5. The number of hydrogen-bond donors (Lipinski definition) is 1. The van der Waals surface area contributed by atoms with E-state index < -0.39 is 10.0 Å². The lowest BCUT2D eigenvalue weighted by Crippen LogP contribution is -2.22. The molecule has 1 aromatic rings. The first-order valence-corrected chi connectivity index (χ1v) is 7.70. The Balaban J connectivity index is 2.97. The van der Waals surface area contributed by atoms with Gasteiger partial charge in [-0.1, -0.05) is 18.5 Å². The van der Waals surface area contributed by atoms with Crippen LogP contribution in [0.15, 0.2) is 18.2 Å². The van der Waals surface area contributed by atoms with Crippen LogP contribution in [0.1, 0.15) is 12.5 Å². The summed E-state index contributed by atoms with van der Waals surface area (Å²) >= 11 is 11.3. The molecule has 0 saturated carbocycles. The van der Waals surface area contributed by atoms with E-state index in [0.717, 1.165) is 0 Å². The fourth-order valence-corrected chi connectivity index (χ4v) is 3.19. The Morgan fingerprint density at radius 3 is 2.72 bits per heavy atom. The Morgan fingerprint density at radius 1 is 1.50 bits per heavy atom. The number of halogens is 2. The van der Waals surface area contributed by atoms with Crippen LogP contribution >= 0.6 is 23.2 Å². The van der Waals surface area contributed by atoms with Gasteiger partial charge in [0.2, 0.25) is 10.0 Å². The quantitative estimate of drug-likeness (QED) is 0.850. The zero-order chi connectivity index (χ0) is 13.8. The number of alkyl halides is 1. The van der Waals surface area contributed by atoms with Crippen LogP contribution in [0.5, 0.6) is 0 Å². The van der Waals surface area contributed by atoms with Crippen LogP contribution in [0.2, 0.25) is 5.02 Å². The summed E-state index contributed by atoms with van der Waals surface area (Å²) in [6.07, 6.45) is 0. The molecule has 18 heavy (non-hydrogen) atoms. The molecule has 0 bridgehead atoms. The first kappa shape index (κ1) is 15.1. The maximum absolute atomic E-state index is 11.8. The van der Waals surface area contributed by atoms with E-state index in [1.165, 1.54) is 18.2 Å². The van der Waals surface area contributed by atoms with E-state index >= 15 is 0 Å². The summed E-state index contributed by atoms with van der Waals surface area (Å²) in [5.74, 6) is -0.0241. The van der Waals surface area contributed by atoms with Crippen LogP contribution in [0.4, 0.5) is 5.69 Å². The molecule has 1 rings (SSSR count). The van der Waals surface area contributed by atoms with Crippen molar-refractivity contribution in [1.29, 1.82) is 5.26 Å². The van der Waals surface area contributed by atoms with E-state index in [2.05, 4.69) is 4.72 Å². The highest BCUT2D eigenvalue weighted by Gasteiger charge is 2.17. The van der Waals surface area contributed by atoms with Crippen molar-refractivity contribution in [2.75, 3.05) is 16.4 Å². The van der Waals surface area contributed by atoms with Crippen LogP contribution in [0.3, 0.4) is 0 Å². The summed E-state index contributed by atoms with van der Waals surface area (Å²) in [6, 6.07) is 6.30. The Labute approximate surface area is 117 Å². The minimum Gasteiger partial charge on any atom is -0.282 e. The second-order valence-electron chi connectivity index (χ2n) is 3.94. The molecule has 0 aliphatic heterocycles. The van der Waals surface area contributed by atoms with Crippen LogP contribution in [-0.4, -0.2) is 20.1 Å². The summed E-state index contributed by atoms with van der Waals surface area (Å²) < 4.78 is 26.0. The van der Waals surface area contributed by atoms with Gasteiger partial charge in [-0.2, -0.15) is 5.26 Å². The van der Waals surface area contributed by atoms with Crippen molar-refractivity contribution in [2.45, 2.75) is 6.92 Å². The first-order chi connectivity index (χ1) is 8.38. The predicted octanol–water partition coefficient (Wildman–Crippen LogP) is 2.83. The average Bonchev–Trinajstić information content (AvgIpc) is 2.28. The zero-order valence-corrected chi connectivity index (χ0v) is 12.0. The van der Waals surface area contributed by atoms with E-state index in [9.17, 15) is 8.42 Å². The molecule has 0 aromatic heterocycles. The molecule has 1 N–H and O–H groups in total. The number of nitrogens with zero attached hydrogens (tertiary/aromatic N) is 1. The van der Waals surface area contributed by atoms with Gasteiger partial charge in [-0.25, -0.2) is 8.42 Å². The highest BCUT2D eigenvalue weighted by Crippen LogP contribution is 2.22. The van der Waals surface area contributed by atoms with Gasteiger partial charge in [0.25, 0.3) is 0 Å². The lowest BCUT2D eigenvalue weighted by Gasteiger charge is -2.12. The minimum atomic E-state index is -3.54. The summed E-state index contributed by atoms with van der Waals surface area (Å²) in [6.45, 7) is 1.73. The average molecular weight is 307 g/mol. The summed E-state index contributed by atoms with van der Waals surface area (Å²) in [4.78, 5) is 0. The molecule has 0 aliphatic carbocycles. The number of benzene rings is 1. The smallest absolute Gasteiger partial charge is 0.233 e. The van der Waals surface area contributed by atoms with E-state index in [1.807, 2.05) is 6.07 Å². The molecule has 0 heterocycles. The normalized spacial score (nSPS) is 12.8. The van der Waals surface area contributed by atoms with Gasteiger partial charge in [0.15, 0.2) is 0 Å². The number of rotatable bonds is 5. The Hall–Kier alpha value is -0.960. The fourth-order valence-electron chi connectivity index (χ4n) is 1.33. The molecule has 0 saturated heterocycles. The van der Waals surface area contributed by atoms with Gasteiger partial charge in [0, 0.05) is 10.9 Å². The maximum Gasteiger partial charge on any atom is 0.233 e. The molecule has 0 amide bonds. The topological polar surface area (TPSA) is 70.0 Å². The van der Waals surface area contributed by atoms with Gasteiger partial charge in [-0.05, 0) is 24.1 Å². The molecule has 0 fully saturated rings. The second-order valence-corrected chi connectivity index (χ2v) is 6.46. The van der Waals surface area contributed by atoms with Crippen molar-refractivity contribution >= 4 is 38.9 Å². The van der Waals surface area contributed by atoms with Crippen LogP contribution < -0.4 is 4.72 Å². The Bertz CT molecular complexity index is 567. The highest BCUT2D eigenvalue weighted by molar-refractivity contribution is 7.92. The monoisotopic (exact) mass is 306 g/mol. The third-order valence-corrected chi connectivity index (χ3v) is 4.44. The SMILES string of the molecule is CC(CCl)CS(=O)(=O)Nc1cc(Cl)ccc1C#N. The number of hydrogen-bond acceptors (Lipinski definition) is 3. The third-order valence-electron chi connectivity index (χ3n) is 2.13. The lowest BCUT2D eigenvalue weighted by molar-refractivity contribution is 0.588. The van der Waals surface area contributed by atoms with Crippen molar-refractivity contribution < 1.29 is 8.42 Å². The molecule has 1 atom stereocenters. The number of sulfonamides is 1. The lowest BCUT2D eigenvalue weighted by atomic mass is 10.2. The van der Waals surface area contributed by atoms with Crippen molar-refractivity contribution in [1.82, 2.24) is 0 Å². The standard InChI is InChI=1S/C11H12Cl2N2O2S/c1-8(5-12)7-18(16,17)15-11-4-10(13)3-2-9(11)6-14/h2-4,8,15H,5,7H2,1H3. The number of anilines is 1. The molecule has 7 heteroatoms.